The van der Waals surface area contributed by atoms with Gasteiger partial charge >= 0.3 is 6.18 Å². The lowest BCUT2D eigenvalue weighted by molar-refractivity contribution is -0.384. The maximum absolute atomic E-state index is 13.5. The number of para-hydroxylation sites is 2. The number of carbonyl (C=O) groups is 3. The van der Waals surface area contributed by atoms with Gasteiger partial charge in [-0.05, 0) is 36.4 Å². The molecule has 0 fully saturated rings. The number of nitro groups is 1. The number of fused-ring (bicyclic) bond motifs is 1. The highest BCUT2D eigenvalue weighted by molar-refractivity contribution is 6.18. The van der Waals surface area contributed by atoms with Crippen LogP contribution < -0.4 is 15.5 Å². The first-order chi connectivity index (χ1) is 17.0. The van der Waals surface area contributed by atoms with Crippen molar-refractivity contribution in [2.75, 3.05) is 15.5 Å². The van der Waals surface area contributed by atoms with E-state index in [4.69, 9.17) is 0 Å². The molecule has 0 unspecified atom stereocenters. The Labute approximate surface area is 201 Å². The quantitative estimate of drug-likeness (QED) is 0.393. The molecule has 1 aliphatic heterocycles. The first-order valence-corrected chi connectivity index (χ1v) is 10.5. The van der Waals surface area contributed by atoms with Crippen LogP contribution in [0.5, 0.6) is 0 Å². The second kappa shape index (κ2) is 9.49. The molecule has 0 saturated carbocycles. The van der Waals surface area contributed by atoms with Gasteiger partial charge < -0.3 is 10.6 Å². The number of halogens is 3. The first kappa shape index (κ1) is 24.4. The van der Waals surface area contributed by atoms with Crippen molar-refractivity contribution in [1.82, 2.24) is 0 Å². The van der Waals surface area contributed by atoms with E-state index in [-0.39, 0.29) is 28.3 Å². The van der Waals surface area contributed by atoms with E-state index >= 15 is 0 Å². The van der Waals surface area contributed by atoms with Crippen LogP contribution in [0.25, 0.3) is 0 Å². The molecule has 4 rings (SSSR count). The number of non-ortho nitro benzene ring substituents is 1. The van der Waals surface area contributed by atoms with E-state index in [1.807, 2.05) is 0 Å². The van der Waals surface area contributed by atoms with E-state index in [0.29, 0.717) is 0 Å². The normalized spacial score (nSPS) is 15.0. The molecule has 36 heavy (non-hydrogen) atoms. The van der Waals surface area contributed by atoms with Gasteiger partial charge in [-0.15, -0.1) is 0 Å². The van der Waals surface area contributed by atoms with Gasteiger partial charge in [0.2, 0.25) is 11.8 Å². The minimum atomic E-state index is -4.62. The van der Waals surface area contributed by atoms with Gasteiger partial charge in [0.15, 0.2) is 0 Å². The van der Waals surface area contributed by atoms with Gasteiger partial charge in [-0.3, -0.25) is 29.4 Å². The Bertz CT molecular complexity index is 1380. The summed E-state index contributed by atoms with van der Waals surface area (Å²) in [5, 5.41) is 16.1. The van der Waals surface area contributed by atoms with Gasteiger partial charge in [-0.2, -0.15) is 13.2 Å². The van der Waals surface area contributed by atoms with E-state index in [2.05, 4.69) is 10.6 Å². The number of amides is 3. The molecule has 0 aliphatic carbocycles. The van der Waals surface area contributed by atoms with Gasteiger partial charge in [-0.1, -0.05) is 24.3 Å². The SMILES string of the molecule is O=C(C[C@@H]1C(=O)Nc2ccccc2N1C(=O)c1cccc([N+](=O)[O-])c1)Nc1cccc(C(F)(F)F)c1. The van der Waals surface area contributed by atoms with Gasteiger partial charge in [0.25, 0.3) is 11.6 Å². The van der Waals surface area contributed by atoms with Crippen LogP contribution in [0.1, 0.15) is 22.3 Å². The lowest BCUT2D eigenvalue weighted by Gasteiger charge is -2.36. The average molecular weight is 498 g/mol. The molecule has 0 saturated heterocycles. The molecule has 0 radical (unpaired) electrons. The fraction of sp³-hybridized carbons (Fsp3) is 0.125. The van der Waals surface area contributed by atoms with Gasteiger partial charge in [0, 0.05) is 23.4 Å². The number of nitrogens with one attached hydrogen (secondary N) is 2. The third-order valence-electron chi connectivity index (χ3n) is 5.41. The summed E-state index contributed by atoms with van der Waals surface area (Å²) in [6.45, 7) is 0. The molecule has 1 heterocycles. The van der Waals surface area contributed by atoms with E-state index in [0.717, 1.165) is 29.2 Å². The second-order valence-corrected chi connectivity index (χ2v) is 7.84. The van der Waals surface area contributed by atoms with Crippen LogP contribution in [0.2, 0.25) is 0 Å². The fourth-order valence-electron chi connectivity index (χ4n) is 3.78. The van der Waals surface area contributed by atoms with E-state index in [9.17, 15) is 37.7 Å². The van der Waals surface area contributed by atoms with Gasteiger partial charge in [-0.25, -0.2) is 0 Å². The smallest absolute Gasteiger partial charge is 0.326 e. The van der Waals surface area contributed by atoms with Crippen molar-refractivity contribution in [2.45, 2.75) is 18.6 Å². The molecule has 12 heteroatoms. The first-order valence-electron chi connectivity index (χ1n) is 10.5. The standard InChI is InChI=1S/C24H17F3N4O5/c25-24(26,27)15-6-4-7-16(12-15)28-21(32)13-20-22(33)29-18-9-1-2-10-19(18)30(20)23(34)14-5-3-8-17(11-14)31(35)36/h1-12,20H,13H2,(H,28,32)(H,29,33)/t20-/m1/s1. The predicted octanol–water partition coefficient (Wildman–Crippen LogP) is 4.61. The summed E-state index contributed by atoms with van der Waals surface area (Å²) in [7, 11) is 0. The molecule has 3 amide bonds. The number of rotatable bonds is 5. The Balaban J connectivity index is 1.65. The molecular weight excluding hydrogens is 481 g/mol. The molecule has 1 atom stereocenters. The zero-order valence-corrected chi connectivity index (χ0v) is 18.3. The predicted molar refractivity (Wildman–Crippen MR) is 123 cm³/mol. The lowest BCUT2D eigenvalue weighted by atomic mass is 10.0. The number of hydrogen-bond acceptors (Lipinski definition) is 5. The molecule has 0 aromatic heterocycles. The number of nitro benzene ring substituents is 1. The summed E-state index contributed by atoms with van der Waals surface area (Å²) in [6.07, 6.45) is -5.20. The highest BCUT2D eigenvalue weighted by Gasteiger charge is 2.39. The molecule has 3 aromatic rings. The maximum atomic E-state index is 13.5. The van der Waals surface area contributed by atoms with Crippen molar-refractivity contribution in [2.24, 2.45) is 0 Å². The van der Waals surface area contributed by atoms with Crippen molar-refractivity contribution in [3.63, 3.8) is 0 Å². The molecular formula is C24H17F3N4O5. The van der Waals surface area contributed by atoms with Crippen LogP contribution in [-0.4, -0.2) is 28.7 Å². The number of carbonyl (C=O) groups excluding carboxylic acids is 3. The third kappa shape index (κ3) is 5.02. The largest absolute Gasteiger partial charge is 0.416 e. The second-order valence-electron chi connectivity index (χ2n) is 7.84. The Kier molecular flexibility index (Phi) is 6.43. The Morgan fingerprint density at radius 1 is 1.03 bits per heavy atom. The minimum absolute atomic E-state index is 0.0861. The van der Waals surface area contributed by atoms with Crippen molar-refractivity contribution < 1.29 is 32.5 Å². The Morgan fingerprint density at radius 3 is 2.47 bits per heavy atom. The zero-order chi connectivity index (χ0) is 26.0. The van der Waals surface area contributed by atoms with E-state index in [1.165, 1.54) is 30.3 Å². The number of benzene rings is 3. The molecule has 9 nitrogen and oxygen atoms in total. The van der Waals surface area contributed by atoms with Crippen LogP contribution in [-0.2, 0) is 15.8 Å². The van der Waals surface area contributed by atoms with Crippen LogP contribution >= 0.6 is 0 Å². The maximum Gasteiger partial charge on any atom is 0.416 e. The topological polar surface area (TPSA) is 122 Å². The van der Waals surface area contributed by atoms with Gasteiger partial charge in [0.1, 0.15) is 6.04 Å². The molecule has 2 N–H and O–H groups in total. The molecule has 3 aromatic carbocycles. The van der Waals surface area contributed by atoms with Crippen LogP contribution in [0.4, 0.5) is 35.9 Å². The monoisotopic (exact) mass is 498 g/mol. The Hall–Kier alpha value is -4.74. The van der Waals surface area contributed by atoms with Crippen LogP contribution in [0.3, 0.4) is 0 Å². The summed E-state index contributed by atoms with van der Waals surface area (Å²) in [6, 6.07) is 13.8. The van der Waals surface area contributed by atoms with Crippen molar-refractivity contribution in [1.29, 1.82) is 0 Å². The van der Waals surface area contributed by atoms with E-state index < -0.39 is 46.8 Å². The summed E-state index contributed by atoms with van der Waals surface area (Å²) in [4.78, 5) is 50.7. The highest BCUT2D eigenvalue weighted by Crippen LogP contribution is 2.35. The summed E-state index contributed by atoms with van der Waals surface area (Å²) in [5.41, 5.74) is -0.983. The van der Waals surface area contributed by atoms with Crippen LogP contribution in [0, 0.1) is 10.1 Å². The minimum Gasteiger partial charge on any atom is -0.326 e. The Morgan fingerprint density at radius 2 is 1.75 bits per heavy atom. The van der Waals surface area contributed by atoms with Crippen molar-refractivity contribution in [3.05, 3.63) is 94.0 Å². The van der Waals surface area contributed by atoms with Crippen molar-refractivity contribution >= 4 is 40.5 Å². The summed E-state index contributed by atoms with van der Waals surface area (Å²) < 4.78 is 39.0. The zero-order valence-electron chi connectivity index (χ0n) is 18.3. The summed E-state index contributed by atoms with van der Waals surface area (Å²) in [5.74, 6) is -2.28. The molecule has 0 spiro atoms. The van der Waals surface area contributed by atoms with Gasteiger partial charge in [0.05, 0.1) is 28.3 Å². The number of anilines is 3. The average Bonchev–Trinajstić information content (AvgIpc) is 2.84. The van der Waals surface area contributed by atoms with Crippen molar-refractivity contribution in [3.8, 4) is 0 Å². The highest BCUT2D eigenvalue weighted by atomic mass is 19.4. The summed E-state index contributed by atoms with van der Waals surface area (Å²) >= 11 is 0. The molecule has 0 bridgehead atoms. The molecule has 184 valence electrons. The number of nitrogens with zero attached hydrogens (tertiary/aromatic N) is 2. The lowest BCUT2D eigenvalue weighted by Crippen LogP contribution is -2.52. The fourth-order valence-corrected chi connectivity index (χ4v) is 3.78. The number of alkyl halides is 3. The third-order valence-corrected chi connectivity index (χ3v) is 5.41. The number of hydrogen-bond donors (Lipinski definition) is 2. The van der Waals surface area contributed by atoms with E-state index in [1.54, 1.807) is 18.2 Å². The molecule has 1 aliphatic rings. The van der Waals surface area contributed by atoms with Crippen LogP contribution in [0.15, 0.2) is 72.8 Å².